The van der Waals surface area contributed by atoms with Gasteiger partial charge in [0.05, 0.1) is 0 Å². The number of aromatic nitrogens is 1. The van der Waals surface area contributed by atoms with Crippen LogP contribution in [0.3, 0.4) is 0 Å². The molecule has 0 aliphatic heterocycles. The Bertz CT molecular complexity index is 444. The van der Waals surface area contributed by atoms with E-state index in [1.165, 1.54) is 4.90 Å². The summed E-state index contributed by atoms with van der Waals surface area (Å²) < 4.78 is 38.2. The van der Waals surface area contributed by atoms with E-state index in [2.05, 4.69) is 4.98 Å². The zero-order chi connectivity index (χ0) is 14.8. The number of anilines is 1. The van der Waals surface area contributed by atoms with Crippen molar-refractivity contribution in [1.82, 2.24) is 4.98 Å². The van der Waals surface area contributed by atoms with Gasteiger partial charge in [0, 0.05) is 18.3 Å². The van der Waals surface area contributed by atoms with Gasteiger partial charge in [-0.25, -0.2) is 4.98 Å². The van der Waals surface area contributed by atoms with Gasteiger partial charge in [0.1, 0.15) is 12.4 Å². The molecule has 6 heteroatoms. The molecule has 0 spiro atoms. The van der Waals surface area contributed by atoms with Crippen LogP contribution < -0.4 is 10.6 Å². The Balaban J connectivity index is 2.24. The molecule has 1 atom stereocenters. The van der Waals surface area contributed by atoms with Crippen LogP contribution in [0.1, 0.15) is 31.7 Å². The SMILES string of the molecule is CCC(N)Cc1cccnc1N(CC(F)(F)F)C1CC1. The molecule has 1 unspecified atom stereocenters. The van der Waals surface area contributed by atoms with Crippen molar-refractivity contribution in [2.45, 2.75) is 50.9 Å². The van der Waals surface area contributed by atoms with E-state index in [1.54, 1.807) is 12.3 Å². The second-order valence-electron chi connectivity index (χ2n) is 5.33. The van der Waals surface area contributed by atoms with Crippen LogP contribution in [0.5, 0.6) is 0 Å². The highest BCUT2D eigenvalue weighted by atomic mass is 19.4. The number of alkyl halides is 3. The van der Waals surface area contributed by atoms with E-state index in [-0.39, 0.29) is 12.1 Å². The van der Waals surface area contributed by atoms with Gasteiger partial charge in [-0.15, -0.1) is 0 Å². The molecule has 20 heavy (non-hydrogen) atoms. The Labute approximate surface area is 117 Å². The van der Waals surface area contributed by atoms with Crippen LogP contribution in [0.4, 0.5) is 19.0 Å². The summed E-state index contributed by atoms with van der Waals surface area (Å²) in [6.45, 7) is 1.03. The highest BCUT2D eigenvalue weighted by Gasteiger charge is 2.39. The topological polar surface area (TPSA) is 42.1 Å². The fourth-order valence-corrected chi connectivity index (χ4v) is 2.23. The molecule has 1 saturated carbocycles. The Kier molecular flexibility index (Phi) is 4.52. The zero-order valence-corrected chi connectivity index (χ0v) is 11.5. The molecule has 3 nitrogen and oxygen atoms in total. The summed E-state index contributed by atoms with van der Waals surface area (Å²) in [5, 5.41) is 0. The molecule has 1 heterocycles. The predicted octanol–water partition coefficient (Wildman–Crippen LogP) is 2.89. The fourth-order valence-electron chi connectivity index (χ4n) is 2.23. The Morgan fingerprint density at radius 2 is 2.15 bits per heavy atom. The Hall–Kier alpha value is -1.30. The molecule has 0 bridgehead atoms. The molecule has 1 aromatic rings. The molecule has 0 aromatic carbocycles. The first kappa shape index (κ1) is 15.1. The lowest BCUT2D eigenvalue weighted by Gasteiger charge is -2.27. The number of nitrogens with zero attached hydrogens (tertiary/aromatic N) is 2. The highest BCUT2D eigenvalue weighted by molar-refractivity contribution is 5.49. The van der Waals surface area contributed by atoms with Crippen molar-refractivity contribution in [3.8, 4) is 0 Å². The van der Waals surface area contributed by atoms with Crippen molar-refractivity contribution in [2.24, 2.45) is 5.73 Å². The van der Waals surface area contributed by atoms with E-state index in [0.29, 0.717) is 12.2 Å². The number of hydrogen-bond acceptors (Lipinski definition) is 3. The lowest BCUT2D eigenvalue weighted by molar-refractivity contribution is -0.120. The van der Waals surface area contributed by atoms with Gasteiger partial charge in [-0.3, -0.25) is 0 Å². The largest absolute Gasteiger partial charge is 0.405 e. The van der Waals surface area contributed by atoms with Crippen LogP contribution in [0.15, 0.2) is 18.3 Å². The fraction of sp³-hybridized carbons (Fsp3) is 0.643. The van der Waals surface area contributed by atoms with Crippen molar-refractivity contribution in [3.05, 3.63) is 23.9 Å². The summed E-state index contributed by atoms with van der Waals surface area (Å²) in [4.78, 5) is 5.57. The number of nitrogens with two attached hydrogens (primary N) is 1. The number of hydrogen-bond donors (Lipinski definition) is 1. The summed E-state index contributed by atoms with van der Waals surface area (Å²) in [5.74, 6) is 0.441. The lowest BCUT2D eigenvalue weighted by atomic mass is 10.0. The molecular weight excluding hydrogens is 267 g/mol. The van der Waals surface area contributed by atoms with E-state index in [1.807, 2.05) is 13.0 Å². The third-order valence-electron chi connectivity index (χ3n) is 3.48. The minimum atomic E-state index is -4.22. The lowest BCUT2D eigenvalue weighted by Crippen LogP contribution is -2.37. The van der Waals surface area contributed by atoms with Crippen molar-refractivity contribution in [2.75, 3.05) is 11.4 Å². The zero-order valence-electron chi connectivity index (χ0n) is 11.5. The molecule has 1 aromatic heterocycles. The van der Waals surface area contributed by atoms with Gasteiger partial charge in [-0.1, -0.05) is 13.0 Å². The van der Waals surface area contributed by atoms with E-state index < -0.39 is 12.7 Å². The second-order valence-corrected chi connectivity index (χ2v) is 5.33. The van der Waals surface area contributed by atoms with Crippen molar-refractivity contribution < 1.29 is 13.2 Å². The van der Waals surface area contributed by atoms with E-state index >= 15 is 0 Å². The molecule has 2 rings (SSSR count). The number of pyridine rings is 1. The summed E-state index contributed by atoms with van der Waals surface area (Å²) in [6, 6.07) is 3.48. The first-order chi connectivity index (χ1) is 9.40. The first-order valence-electron chi connectivity index (χ1n) is 6.93. The Morgan fingerprint density at radius 1 is 1.45 bits per heavy atom. The number of rotatable bonds is 6. The summed E-state index contributed by atoms with van der Waals surface area (Å²) in [6.07, 6.45) is 0.266. The summed E-state index contributed by atoms with van der Waals surface area (Å²) in [5.41, 5.74) is 6.73. The van der Waals surface area contributed by atoms with Crippen LogP contribution in [-0.2, 0) is 6.42 Å². The maximum absolute atomic E-state index is 12.7. The quantitative estimate of drug-likeness (QED) is 0.874. The van der Waals surface area contributed by atoms with Crippen LogP contribution in [0.25, 0.3) is 0 Å². The molecular formula is C14H20F3N3. The van der Waals surface area contributed by atoms with Crippen LogP contribution >= 0.6 is 0 Å². The average Bonchev–Trinajstić information content (AvgIpc) is 3.20. The van der Waals surface area contributed by atoms with Crippen molar-refractivity contribution in [3.63, 3.8) is 0 Å². The minimum Gasteiger partial charge on any atom is -0.344 e. The van der Waals surface area contributed by atoms with Gasteiger partial charge in [0.2, 0.25) is 0 Å². The monoisotopic (exact) mass is 287 g/mol. The van der Waals surface area contributed by atoms with Gasteiger partial charge in [-0.05, 0) is 37.3 Å². The van der Waals surface area contributed by atoms with E-state index in [9.17, 15) is 13.2 Å². The maximum Gasteiger partial charge on any atom is 0.405 e. The van der Waals surface area contributed by atoms with E-state index in [4.69, 9.17) is 5.73 Å². The smallest absolute Gasteiger partial charge is 0.344 e. The molecule has 0 radical (unpaired) electrons. The number of halogens is 3. The maximum atomic E-state index is 12.7. The minimum absolute atomic E-state index is 0.0388. The molecule has 0 amide bonds. The van der Waals surface area contributed by atoms with Gasteiger partial charge in [-0.2, -0.15) is 13.2 Å². The summed E-state index contributed by atoms with van der Waals surface area (Å²) >= 11 is 0. The van der Waals surface area contributed by atoms with Gasteiger partial charge >= 0.3 is 6.18 Å². The van der Waals surface area contributed by atoms with Crippen molar-refractivity contribution >= 4 is 5.82 Å². The molecule has 112 valence electrons. The normalized spacial score (nSPS) is 17.1. The highest BCUT2D eigenvalue weighted by Crippen LogP contribution is 2.35. The average molecular weight is 287 g/mol. The predicted molar refractivity (Wildman–Crippen MR) is 72.6 cm³/mol. The first-order valence-corrected chi connectivity index (χ1v) is 6.93. The van der Waals surface area contributed by atoms with Gasteiger partial charge < -0.3 is 10.6 Å². The van der Waals surface area contributed by atoms with Gasteiger partial charge in [0.15, 0.2) is 0 Å². The molecule has 1 aliphatic carbocycles. The third kappa shape index (κ3) is 4.10. The molecule has 0 saturated heterocycles. The van der Waals surface area contributed by atoms with Gasteiger partial charge in [0.25, 0.3) is 0 Å². The second kappa shape index (κ2) is 5.99. The van der Waals surface area contributed by atoms with E-state index in [0.717, 1.165) is 24.8 Å². The molecule has 2 N–H and O–H groups in total. The van der Waals surface area contributed by atoms with Crippen LogP contribution in [0.2, 0.25) is 0 Å². The van der Waals surface area contributed by atoms with Crippen molar-refractivity contribution in [1.29, 1.82) is 0 Å². The van der Waals surface area contributed by atoms with Crippen LogP contribution in [-0.4, -0.2) is 29.8 Å². The standard InChI is InChI=1S/C14H20F3N3/c1-2-11(18)8-10-4-3-7-19-13(10)20(12-5-6-12)9-14(15,16)17/h3-4,7,11-12H,2,5-6,8-9,18H2,1H3. The summed E-state index contributed by atoms with van der Waals surface area (Å²) in [7, 11) is 0. The molecule has 1 fully saturated rings. The Morgan fingerprint density at radius 3 is 2.70 bits per heavy atom. The third-order valence-corrected chi connectivity index (χ3v) is 3.48. The molecule has 1 aliphatic rings. The van der Waals surface area contributed by atoms with Crippen LogP contribution in [0, 0.1) is 0 Å².